The summed E-state index contributed by atoms with van der Waals surface area (Å²) in [5.41, 5.74) is 7.79. The maximum absolute atomic E-state index is 11.0. The lowest BCUT2D eigenvalue weighted by Crippen LogP contribution is -1.97. The summed E-state index contributed by atoms with van der Waals surface area (Å²) in [4.78, 5) is 43.2. The van der Waals surface area contributed by atoms with Gasteiger partial charge in [0.25, 0.3) is 0 Å². The predicted octanol–water partition coefficient (Wildman–Crippen LogP) is 30.3. The second-order valence-corrected chi connectivity index (χ2v) is 29.1. The normalized spacial score (nSPS) is 9.92. The number of carbonyl (C=O) groups is 1. The summed E-state index contributed by atoms with van der Waals surface area (Å²) in [6.45, 7) is 36.0. The van der Waals surface area contributed by atoms with Crippen LogP contribution < -0.4 is 28.4 Å². The molecule has 0 spiro atoms. The van der Waals surface area contributed by atoms with Gasteiger partial charge in [-0.15, -0.1) is 0 Å². The minimum absolute atomic E-state index is 0.0997. The molecule has 0 aliphatic carbocycles. The number of alkyl halides is 1. The number of aliphatic hydroxyl groups is 2. The minimum atomic E-state index is -0.225. The van der Waals surface area contributed by atoms with Crippen LogP contribution in [0.25, 0.3) is 24.2 Å². The van der Waals surface area contributed by atoms with Crippen LogP contribution in [0.15, 0.2) is 280 Å². The molecule has 0 aliphatic heterocycles. The van der Waals surface area contributed by atoms with E-state index >= 15 is 0 Å². The fraction of sp³-hybridized carbons (Fsp3) is 0.0652. The summed E-state index contributed by atoms with van der Waals surface area (Å²) in [5.74, 6) is 4.28. The summed E-state index contributed by atoms with van der Waals surface area (Å²) in [6, 6.07) is 63.3. The van der Waals surface area contributed by atoms with Crippen LogP contribution in [-0.2, 0) is 43.1 Å². The zero-order chi connectivity index (χ0) is 88.4. The average Bonchev–Trinajstić information content (AvgIpc) is 0.844. The number of aromatic nitrogens is 4. The number of aliphatic hydroxyl groups excluding tert-OH is 2. The molecular formula is C92H62BrCl10N9O11. The highest BCUT2D eigenvalue weighted by molar-refractivity contribution is 9.08. The molecule has 0 fully saturated rings. The van der Waals surface area contributed by atoms with Crippen molar-refractivity contribution in [2.45, 2.75) is 38.4 Å². The number of benzene rings is 10. The summed E-state index contributed by atoms with van der Waals surface area (Å²) in [7, 11) is 0. The van der Waals surface area contributed by atoms with Crippen molar-refractivity contribution in [2.75, 3.05) is 0 Å². The Kier molecular flexibility index (Phi) is 40.3. The van der Waals surface area contributed by atoms with Crippen LogP contribution in [0.1, 0.15) is 43.7 Å². The molecule has 10 aromatic carbocycles. The first kappa shape index (κ1) is 96.2. The van der Waals surface area contributed by atoms with Crippen LogP contribution in [0, 0.1) is 32.9 Å². The highest BCUT2D eigenvalue weighted by atomic mass is 79.9. The third-order valence-electron chi connectivity index (χ3n) is 15.7. The SMILES string of the molecule is BrCc1ccncc1.OCc1ccncc1.[C-]#[N+]c1ccc(Oc2cc(Cl)ccc2Cl)c(C=O)c1.[C-]#[N+]c1ccc(Oc2cc(Cl)ccc2Cl)c(CO)c1.[C-]#[N+]c1ccc(Oc2cc(Cl)ccc2Cl)c(COCc2ccncc2)c1.[C-]#[N+]c1ccc(Oc2cc(Cl)ccc2Cl)c(O)c1.[C-]#[N+]c1ccc(Oc2cc(Cl)ccc2Cl)c(OCc2ccncc2)c1. The van der Waals surface area contributed by atoms with Crippen LogP contribution in [0.4, 0.5) is 28.4 Å². The van der Waals surface area contributed by atoms with Crippen LogP contribution in [0.5, 0.6) is 69.0 Å². The molecule has 0 bridgehead atoms. The van der Waals surface area contributed by atoms with Crippen LogP contribution >= 0.6 is 132 Å². The first-order valence-electron chi connectivity index (χ1n) is 35.4. The minimum Gasteiger partial charge on any atom is -0.505 e. The monoisotopic (exact) mass is 1900 g/mol. The van der Waals surface area contributed by atoms with Crippen molar-refractivity contribution in [3.8, 4) is 69.0 Å². The molecule has 0 atom stereocenters. The Labute approximate surface area is 767 Å². The van der Waals surface area contributed by atoms with Gasteiger partial charge >= 0.3 is 0 Å². The number of pyridine rings is 4. The van der Waals surface area contributed by atoms with Gasteiger partial charge in [-0.3, -0.25) is 24.7 Å². The van der Waals surface area contributed by atoms with Gasteiger partial charge in [0, 0.05) is 127 Å². The van der Waals surface area contributed by atoms with E-state index in [1.807, 2.05) is 36.4 Å². The highest BCUT2D eigenvalue weighted by Crippen LogP contribution is 2.43. The Balaban J connectivity index is 0.000000183. The van der Waals surface area contributed by atoms with Crippen molar-refractivity contribution in [2.24, 2.45) is 0 Å². The molecule has 123 heavy (non-hydrogen) atoms. The maximum atomic E-state index is 11.0. The molecule has 0 aliphatic rings. The van der Waals surface area contributed by atoms with Crippen molar-refractivity contribution in [3.05, 3.63) is 426 Å². The first-order chi connectivity index (χ1) is 59.5. The summed E-state index contributed by atoms with van der Waals surface area (Å²) in [6.07, 6.45) is 14.3. The number of hydrogen-bond acceptors (Lipinski definition) is 15. The fourth-order valence-corrected chi connectivity index (χ4v) is 11.6. The smallest absolute Gasteiger partial charge is 0.191 e. The highest BCUT2D eigenvalue weighted by Gasteiger charge is 2.17. The lowest BCUT2D eigenvalue weighted by atomic mass is 10.2. The summed E-state index contributed by atoms with van der Waals surface area (Å²) < 4.78 is 40.0. The predicted molar refractivity (Wildman–Crippen MR) is 488 cm³/mol. The van der Waals surface area contributed by atoms with Gasteiger partial charge in [-0.2, -0.15) is 0 Å². The number of phenolic OH excluding ortho intramolecular Hbond substituents is 1. The van der Waals surface area contributed by atoms with E-state index in [1.54, 1.807) is 225 Å². The first-order valence-corrected chi connectivity index (χ1v) is 40.3. The molecule has 31 heteroatoms. The van der Waals surface area contributed by atoms with Gasteiger partial charge in [0.2, 0.25) is 0 Å². The number of halogens is 11. The molecule has 0 unspecified atom stereocenters. The number of carbonyl (C=O) groups excluding carboxylic acids is 1. The Hall–Kier alpha value is -12.2. The van der Waals surface area contributed by atoms with Gasteiger partial charge in [0.05, 0.1) is 84.4 Å². The van der Waals surface area contributed by atoms with Crippen LogP contribution in [0.2, 0.25) is 50.2 Å². The van der Waals surface area contributed by atoms with E-state index in [4.69, 9.17) is 187 Å². The van der Waals surface area contributed by atoms with E-state index in [0.717, 1.165) is 27.6 Å². The van der Waals surface area contributed by atoms with E-state index in [2.05, 4.69) is 60.1 Å². The Morgan fingerprint density at radius 3 is 0.992 bits per heavy atom. The number of hydrogen-bond donors (Lipinski definition) is 3. The van der Waals surface area contributed by atoms with E-state index in [9.17, 15) is 15.0 Å². The molecule has 0 amide bonds. The average molecular weight is 1900 g/mol. The second kappa shape index (κ2) is 51.5. The van der Waals surface area contributed by atoms with Gasteiger partial charge in [0.15, 0.2) is 52.0 Å². The number of rotatable bonds is 21. The van der Waals surface area contributed by atoms with Gasteiger partial charge in [0.1, 0.15) is 58.4 Å². The Bertz CT molecular complexity index is 6060. The van der Waals surface area contributed by atoms with E-state index in [-0.39, 0.29) is 30.3 Å². The third kappa shape index (κ3) is 32.3. The number of phenols is 1. The standard InChI is InChI=1S/C20H14Cl2N2O2.C19H12Cl2N2O2.C14H9Cl2NO2.C14H7Cl2NO2.C13H7Cl2NO2.C6H6BrN.C6H7NO/c1-23-17-3-5-19(26-20-11-16(21)2-4-18(20)22)15(10-17)13-25-12-14-6-8-24-9-7-14;1-22-15-3-5-17(25-18-10-14(20)2-4-16(18)21)19(11-15)24-12-13-6-8-23-9-7-13;2*1-17-11-3-5-13(9(6-11)8-18)19-14-7-10(15)2-4-12(14)16;1-16-9-3-5-12(11(17)7-9)18-13-6-8(14)2-4-10(13)15;7-5-6-1-3-8-4-2-6;8-5-6-1-3-7-4-2-6/h2-11H,12-13H2;2-11H,12H2;2-7,18H,8H2;2-8H;2-7,17H;1-4H,5H2;1-4,8H,5H2. The molecule has 14 rings (SSSR count). The molecule has 4 aromatic heterocycles. The number of nitrogens with zero attached hydrogens (tertiary/aromatic N) is 9. The molecular weight excluding hydrogens is 1840 g/mol. The molecule has 20 nitrogen and oxygen atoms in total. The van der Waals surface area contributed by atoms with E-state index in [1.165, 1.54) is 23.8 Å². The summed E-state index contributed by atoms with van der Waals surface area (Å²) in [5, 5.41) is 33.0. The van der Waals surface area contributed by atoms with Crippen LogP contribution in [-0.4, -0.2) is 41.5 Å². The maximum Gasteiger partial charge on any atom is 0.191 e. The third-order valence-corrected chi connectivity index (χ3v) is 19.1. The number of ether oxygens (including phenoxy) is 7. The molecule has 618 valence electrons. The lowest BCUT2D eigenvalue weighted by Gasteiger charge is -2.14. The van der Waals surface area contributed by atoms with Crippen LogP contribution in [0.3, 0.4) is 0 Å². The Morgan fingerprint density at radius 2 is 0.626 bits per heavy atom. The summed E-state index contributed by atoms with van der Waals surface area (Å²) >= 11 is 63.2. The molecule has 3 N–H and O–H groups in total. The largest absolute Gasteiger partial charge is 0.505 e. The van der Waals surface area contributed by atoms with E-state index < -0.39 is 0 Å². The molecule has 4 heterocycles. The lowest BCUT2D eigenvalue weighted by molar-refractivity contribution is 0.106. The van der Waals surface area contributed by atoms with Gasteiger partial charge in [-0.05, 0) is 192 Å². The Morgan fingerprint density at radius 1 is 0.309 bits per heavy atom. The number of aromatic hydroxyl groups is 1. The zero-order valence-electron chi connectivity index (χ0n) is 63.7. The van der Waals surface area contributed by atoms with Gasteiger partial charge in [-0.1, -0.05) is 162 Å². The fourth-order valence-electron chi connectivity index (χ4n) is 9.65. The second-order valence-electron chi connectivity index (χ2n) is 24.3. The molecule has 0 saturated carbocycles. The van der Waals surface area contributed by atoms with Crippen molar-refractivity contribution in [1.29, 1.82) is 0 Å². The molecule has 0 saturated heterocycles. The van der Waals surface area contributed by atoms with Gasteiger partial charge in [-0.25, -0.2) is 24.2 Å². The molecule has 14 aromatic rings. The zero-order valence-corrected chi connectivity index (χ0v) is 72.8. The topological polar surface area (TPSA) is 216 Å². The van der Waals surface area contributed by atoms with Crippen molar-refractivity contribution in [1.82, 2.24) is 19.9 Å². The van der Waals surface area contributed by atoms with Crippen molar-refractivity contribution >= 4 is 167 Å². The van der Waals surface area contributed by atoms with Gasteiger partial charge < -0.3 is 48.5 Å². The van der Waals surface area contributed by atoms with Crippen molar-refractivity contribution < 1.29 is 53.3 Å². The number of aldehydes is 1. The quantitative estimate of drug-likeness (QED) is 0.0346. The molecule has 0 radical (unpaired) electrons. The van der Waals surface area contributed by atoms with Crippen molar-refractivity contribution in [3.63, 3.8) is 0 Å². The van der Waals surface area contributed by atoms with E-state index in [0.29, 0.717) is 168 Å².